The third-order valence-electron chi connectivity index (χ3n) is 6.29. The van der Waals surface area contributed by atoms with Gasteiger partial charge in [-0.3, -0.25) is 14.3 Å². The normalized spacial score (nSPS) is 19.4. The number of halogens is 5. The lowest BCUT2D eigenvalue weighted by atomic mass is 9.86. The van der Waals surface area contributed by atoms with E-state index in [0.717, 1.165) is 15.8 Å². The van der Waals surface area contributed by atoms with Crippen LogP contribution in [0.1, 0.15) is 73.3 Å². The van der Waals surface area contributed by atoms with Crippen LogP contribution in [0.4, 0.5) is 13.2 Å². The van der Waals surface area contributed by atoms with E-state index < -0.39 is 47.4 Å². The van der Waals surface area contributed by atoms with Crippen LogP contribution in [-0.4, -0.2) is 49.9 Å². The molecule has 12 heteroatoms. The first-order valence-corrected chi connectivity index (χ1v) is 12.4. The summed E-state index contributed by atoms with van der Waals surface area (Å²) in [5.74, 6) is -2.61. The van der Waals surface area contributed by atoms with Gasteiger partial charge >= 0.3 is 12.1 Å². The van der Waals surface area contributed by atoms with Gasteiger partial charge in [0.15, 0.2) is 5.69 Å². The number of carbonyl (C=O) groups is 2. The largest absolute Gasteiger partial charge is 0.481 e. The van der Waals surface area contributed by atoms with Crippen LogP contribution in [0.3, 0.4) is 0 Å². The van der Waals surface area contributed by atoms with E-state index in [4.69, 9.17) is 23.2 Å². The lowest BCUT2D eigenvalue weighted by molar-refractivity contribution is -0.147. The zero-order valence-corrected chi connectivity index (χ0v) is 21.3. The number of hydrogen-bond acceptors (Lipinski definition) is 4. The molecule has 0 spiro atoms. The molecule has 1 aliphatic carbocycles. The Balaban J connectivity index is 1.93. The molecular weight excluding hydrogens is 522 g/mol. The molecule has 2 aromatic rings. The minimum atomic E-state index is -4.88. The first kappa shape index (κ1) is 28.3. The number of aromatic nitrogens is 2. The van der Waals surface area contributed by atoms with Gasteiger partial charge in [0.2, 0.25) is 0 Å². The number of benzene rings is 1. The van der Waals surface area contributed by atoms with E-state index in [1.165, 1.54) is 12.1 Å². The molecule has 1 fully saturated rings. The van der Waals surface area contributed by atoms with Gasteiger partial charge in [-0.2, -0.15) is 18.3 Å². The van der Waals surface area contributed by atoms with Gasteiger partial charge in [-0.25, -0.2) is 0 Å². The number of amides is 1. The van der Waals surface area contributed by atoms with Crippen molar-refractivity contribution in [3.63, 3.8) is 0 Å². The highest BCUT2D eigenvalue weighted by molar-refractivity contribution is 6.36. The van der Waals surface area contributed by atoms with Crippen LogP contribution in [0.5, 0.6) is 0 Å². The quantitative estimate of drug-likeness (QED) is 0.430. The molecule has 0 bridgehead atoms. The van der Waals surface area contributed by atoms with E-state index in [-0.39, 0.29) is 60.3 Å². The fourth-order valence-electron chi connectivity index (χ4n) is 4.63. The first-order valence-electron chi connectivity index (χ1n) is 11.6. The predicted molar refractivity (Wildman–Crippen MR) is 128 cm³/mol. The summed E-state index contributed by atoms with van der Waals surface area (Å²) in [7, 11) is 0. The Labute approximate surface area is 216 Å². The number of carboxylic acids is 1. The van der Waals surface area contributed by atoms with Gasteiger partial charge in [0.05, 0.1) is 36.4 Å². The Hall–Kier alpha value is -2.30. The van der Waals surface area contributed by atoms with Crippen LogP contribution >= 0.6 is 23.2 Å². The number of hydrogen-bond donors (Lipinski definition) is 2. The lowest BCUT2D eigenvalue weighted by Crippen LogP contribution is -2.38. The van der Waals surface area contributed by atoms with E-state index in [1.54, 1.807) is 19.9 Å². The van der Waals surface area contributed by atoms with Gasteiger partial charge in [0.25, 0.3) is 5.91 Å². The van der Waals surface area contributed by atoms with Crippen molar-refractivity contribution in [3.8, 4) is 0 Å². The molecule has 198 valence electrons. The molecular formula is C24H28Cl2F3N3O4. The summed E-state index contributed by atoms with van der Waals surface area (Å²) in [6.45, 7) is 3.34. The van der Waals surface area contributed by atoms with Gasteiger partial charge in [-0.05, 0) is 43.7 Å². The molecule has 1 aromatic heterocycles. The number of carbonyl (C=O) groups excluding carboxylic acids is 1. The second-order valence-electron chi connectivity index (χ2n) is 9.45. The summed E-state index contributed by atoms with van der Waals surface area (Å²) >= 11 is 12.3. The van der Waals surface area contributed by atoms with Crippen LogP contribution in [-0.2, 0) is 11.0 Å². The summed E-state index contributed by atoms with van der Waals surface area (Å²) < 4.78 is 43.4. The maximum atomic E-state index is 14.2. The van der Waals surface area contributed by atoms with Crippen molar-refractivity contribution in [2.24, 2.45) is 11.8 Å². The van der Waals surface area contributed by atoms with Crippen LogP contribution < -0.4 is 0 Å². The highest BCUT2D eigenvalue weighted by atomic mass is 35.5. The standard InChI is InChI=1S/C24H28Cl2F3N3O4/c1-13(2)11-31(12-19(33)20-17(25)4-3-5-18(20)26)22(34)16-10-30-32(21(16)24(27,28)29)15-8-6-14(7-9-15)23(35)36/h3-5,10,13-15,19,33H,6-9,11-12H2,1-2H3,(H,35,36). The van der Waals surface area contributed by atoms with Gasteiger partial charge in [0.1, 0.15) is 0 Å². The fourth-order valence-corrected chi connectivity index (χ4v) is 5.28. The third-order valence-corrected chi connectivity index (χ3v) is 6.94. The summed E-state index contributed by atoms with van der Waals surface area (Å²) in [4.78, 5) is 25.8. The minimum Gasteiger partial charge on any atom is -0.481 e. The maximum Gasteiger partial charge on any atom is 0.433 e. The van der Waals surface area contributed by atoms with E-state index in [1.807, 2.05) is 0 Å². The fraction of sp³-hybridized carbons (Fsp3) is 0.542. The molecule has 1 unspecified atom stereocenters. The van der Waals surface area contributed by atoms with Crippen molar-refractivity contribution in [2.45, 2.75) is 57.9 Å². The lowest BCUT2D eigenvalue weighted by Gasteiger charge is -2.29. The van der Waals surface area contributed by atoms with Crippen molar-refractivity contribution in [2.75, 3.05) is 13.1 Å². The summed E-state index contributed by atoms with van der Waals surface area (Å²) in [5.41, 5.74) is -1.62. The molecule has 0 saturated heterocycles. The minimum absolute atomic E-state index is 0.0736. The van der Waals surface area contributed by atoms with E-state index in [9.17, 15) is 33.0 Å². The Bertz CT molecular complexity index is 1080. The number of aliphatic carboxylic acids is 1. The molecule has 0 aliphatic heterocycles. The number of carboxylic acid groups (broad SMARTS) is 1. The molecule has 0 radical (unpaired) electrons. The third kappa shape index (κ3) is 6.33. The van der Waals surface area contributed by atoms with Gasteiger partial charge in [-0.1, -0.05) is 43.1 Å². The monoisotopic (exact) mass is 549 g/mol. The predicted octanol–water partition coefficient (Wildman–Crippen LogP) is 5.86. The summed E-state index contributed by atoms with van der Waals surface area (Å²) in [6, 6.07) is 3.95. The number of aliphatic hydroxyl groups is 1. The average molecular weight is 550 g/mol. The van der Waals surface area contributed by atoms with Crippen molar-refractivity contribution in [3.05, 3.63) is 51.3 Å². The topological polar surface area (TPSA) is 95.7 Å². The average Bonchev–Trinajstić information content (AvgIpc) is 3.23. The number of nitrogens with zero attached hydrogens (tertiary/aromatic N) is 3. The molecule has 1 amide bonds. The highest BCUT2D eigenvalue weighted by Crippen LogP contribution is 2.39. The second kappa shape index (κ2) is 11.4. The van der Waals surface area contributed by atoms with Gasteiger partial charge in [-0.15, -0.1) is 0 Å². The first-order chi connectivity index (χ1) is 16.8. The second-order valence-corrected chi connectivity index (χ2v) is 10.3. The SMILES string of the molecule is CC(C)CN(CC(O)c1c(Cl)cccc1Cl)C(=O)c1cnn(C2CCC(C(=O)O)CC2)c1C(F)(F)F. The molecule has 1 aliphatic rings. The molecule has 1 atom stereocenters. The molecule has 1 saturated carbocycles. The van der Waals surface area contributed by atoms with Crippen molar-refractivity contribution in [1.82, 2.24) is 14.7 Å². The Morgan fingerprint density at radius 3 is 2.22 bits per heavy atom. The van der Waals surface area contributed by atoms with Crippen molar-refractivity contribution >= 4 is 35.1 Å². The molecule has 1 heterocycles. The van der Waals surface area contributed by atoms with Crippen LogP contribution in [0, 0.1) is 11.8 Å². The number of aliphatic hydroxyl groups excluding tert-OH is 1. The Morgan fingerprint density at radius 2 is 1.72 bits per heavy atom. The van der Waals surface area contributed by atoms with E-state index >= 15 is 0 Å². The van der Waals surface area contributed by atoms with Crippen LogP contribution in [0.15, 0.2) is 24.4 Å². The summed E-state index contributed by atoms with van der Waals surface area (Å²) in [5, 5.41) is 24.3. The maximum absolute atomic E-state index is 14.2. The van der Waals surface area contributed by atoms with Crippen molar-refractivity contribution in [1.29, 1.82) is 0 Å². The van der Waals surface area contributed by atoms with E-state index in [0.29, 0.717) is 0 Å². The molecule has 7 nitrogen and oxygen atoms in total. The number of alkyl halides is 3. The zero-order chi connectivity index (χ0) is 26.8. The highest BCUT2D eigenvalue weighted by Gasteiger charge is 2.43. The van der Waals surface area contributed by atoms with Crippen LogP contribution in [0.2, 0.25) is 10.0 Å². The summed E-state index contributed by atoms with van der Waals surface area (Å²) in [6.07, 6.45) is -4.45. The Kier molecular flexibility index (Phi) is 8.95. The van der Waals surface area contributed by atoms with E-state index in [2.05, 4.69) is 5.10 Å². The van der Waals surface area contributed by atoms with Crippen LogP contribution in [0.25, 0.3) is 0 Å². The molecule has 1 aromatic carbocycles. The molecule has 2 N–H and O–H groups in total. The molecule has 3 rings (SSSR count). The van der Waals surface area contributed by atoms with Gasteiger partial charge in [0, 0.05) is 22.2 Å². The molecule has 36 heavy (non-hydrogen) atoms. The van der Waals surface area contributed by atoms with Gasteiger partial charge < -0.3 is 15.1 Å². The number of rotatable bonds is 8. The zero-order valence-electron chi connectivity index (χ0n) is 19.8. The van der Waals surface area contributed by atoms with Crippen molar-refractivity contribution < 1.29 is 33.0 Å². The smallest absolute Gasteiger partial charge is 0.433 e. The Morgan fingerprint density at radius 1 is 1.14 bits per heavy atom.